The van der Waals surface area contributed by atoms with Crippen molar-refractivity contribution in [2.75, 3.05) is 18.6 Å². The molecule has 5 nitrogen and oxygen atoms in total. The van der Waals surface area contributed by atoms with Gasteiger partial charge in [-0.3, -0.25) is 0 Å². The number of hydrogen-bond acceptors (Lipinski definition) is 6. The van der Waals surface area contributed by atoms with Gasteiger partial charge in [-0.1, -0.05) is 11.3 Å². The summed E-state index contributed by atoms with van der Waals surface area (Å²) in [5.41, 5.74) is 1.39. The van der Waals surface area contributed by atoms with Crippen molar-refractivity contribution in [3.8, 4) is 5.75 Å². The molecule has 0 aliphatic heterocycles. The topological polar surface area (TPSA) is 51.7 Å². The molecule has 0 unspecified atom stereocenters. The normalized spacial score (nSPS) is 10.7. The summed E-state index contributed by atoms with van der Waals surface area (Å²) in [4.78, 5) is 19.3. The first-order valence-corrected chi connectivity index (χ1v) is 9.64. The van der Waals surface area contributed by atoms with Crippen LogP contribution in [0.15, 0.2) is 35.9 Å². The van der Waals surface area contributed by atoms with Gasteiger partial charge in [0.1, 0.15) is 10.6 Å². The number of anilines is 2. The predicted octanol–water partition coefficient (Wildman–Crippen LogP) is 5.72. The summed E-state index contributed by atoms with van der Waals surface area (Å²) in [5, 5.41) is 0.662. The maximum atomic E-state index is 12.4. The summed E-state index contributed by atoms with van der Waals surface area (Å²) in [7, 11) is 1.61. The summed E-state index contributed by atoms with van der Waals surface area (Å²) in [6.07, 6.45) is -1.73. The summed E-state index contributed by atoms with van der Waals surface area (Å²) in [6.45, 7) is 7.00. The molecule has 8 heteroatoms. The second kappa shape index (κ2) is 9.64. The van der Waals surface area contributed by atoms with Gasteiger partial charge in [0.15, 0.2) is 5.13 Å². The molecule has 0 aliphatic carbocycles. The number of benzene rings is 1. The molecule has 0 saturated heterocycles. The lowest BCUT2D eigenvalue weighted by molar-refractivity contribution is 0.0512. The Labute approximate surface area is 167 Å². The number of nitrogens with zero attached hydrogens (tertiary/aromatic N) is 2. The number of ether oxygens (including phenoxy) is 2. The maximum absolute atomic E-state index is 12.4. The molecule has 0 bridgehead atoms. The quantitative estimate of drug-likeness (QED) is 0.521. The van der Waals surface area contributed by atoms with Crippen LogP contribution in [0.25, 0.3) is 0 Å². The number of hydrogen-bond donors (Lipinski definition) is 0. The van der Waals surface area contributed by atoms with E-state index in [1.54, 1.807) is 14.0 Å². The molecule has 0 fully saturated rings. The molecule has 152 valence electrons. The number of aryl methyl sites for hydroxylation is 1. The van der Waals surface area contributed by atoms with E-state index in [4.69, 9.17) is 9.47 Å². The molecule has 1 aromatic heterocycles. The van der Waals surface area contributed by atoms with Gasteiger partial charge >= 0.3 is 5.97 Å². The van der Waals surface area contributed by atoms with Crippen molar-refractivity contribution >= 4 is 28.1 Å². The van der Waals surface area contributed by atoms with Crippen molar-refractivity contribution in [1.82, 2.24) is 4.98 Å². The maximum Gasteiger partial charge on any atom is 0.350 e. The molecule has 28 heavy (non-hydrogen) atoms. The van der Waals surface area contributed by atoms with E-state index in [1.165, 1.54) is 18.3 Å². The van der Waals surface area contributed by atoms with Crippen molar-refractivity contribution in [2.24, 2.45) is 0 Å². The van der Waals surface area contributed by atoms with Crippen LogP contribution in [0.4, 0.5) is 19.6 Å². The third kappa shape index (κ3) is 5.28. The molecule has 1 heterocycles. The van der Waals surface area contributed by atoms with Gasteiger partial charge in [0.05, 0.1) is 19.4 Å². The first-order chi connectivity index (χ1) is 13.2. The van der Waals surface area contributed by atoms with Crippen LogP contribution < -0.4 is 9.64 Å². The van der Waals surface area contributed by atoms with Gasteiger partial charge in [-0.15, -0.1) is 0 Å². The lowest BCUT2D eigenvalue weighted by Crippen LogP contribution is -2.25. The van der Waals surface area contributed by atoms with Crippen molar-refractivity contribution < 1.29 is 23.0 Å². The lowest BCUT2D eigenvalue weighted by atomic mass is 10.2. The highest BCUT2D eigenvalue weighted by molar-refractivity contribution is 7.17. The Morgan fingerprint density at radius 2 is 1.89 bits per heavy atom. The molecule has 1 aromatic carbocycles. The standard InChI is InChI=1S/C20H24F2N2O3S/c1-12(2)24(15-6-8-16(26-5)9-7-15)20-23-14(4)17(28-20)19(25)27-11-10-13(3)18(21)22/h6-9,12H,10-11H2,1-5H3. The van der Waals surface area contributed by atoms with Crippen molar-refractivity contribution in [1.29, 1.82) is 0 Å². The van der Waals surface area contributed by atoms with Crippen LogP contribution in [0.5, 0.6) is 5.75 Å². The first kappa shape index (κ1) is 21.8. The highest BCUT2D eigenvalue weighted by Gasteiger charge is 2.23. The van der Waals surface area contributed by atoms with Gasteiger partial charge in [-0.2, -0.15) is 8.78 Å². The van der Waals surface area contributed by atoms with E-state index in [0.29, 0.717) is 15.7 Å². The van der Waals surface area contributed by atoms with Crippen LogP contribution >= 0.6 is 11.3 Å². The van der Waals surface area contributed by atoms with E-state index in [9.17, 15) is 13.6 Å². The number of methoxy groups -OCH3 is 1. The molecular weight excluding hydrogens is 386 g/mol. The zero-order valence-corrected chi connectivity index (χ0v) is 17.4. The minimum atomic E-state index is -1.74. The largest absolute Gasteiger partial charge is 0.497 e. The van der Waals surface area contributed by atoms with Crippen LogP contribution in [-0.4, -0.2) is 30.7 Å². The van der Waals surface area contributed by atoms with Crippen LogP contribution in [0.2, 0.25) is 0 Å². The van der Waals surface area contributed by atoms with Crippen LogP contribution in [-0.2, 0) is 4.74 Å². The van der Waals surface area contributed by atoms with Gasteiger partial charge in [-0.05, 0) is 57.5 Å². The van der Waals surface area contributed by atoms with E-state index in [0.717, 1.165) is 11.4 Å². The number of halogens is 2. The molecule has 2 aromatic rings. The number of carbonyl (C=O) groups excluding carboxylic acids is 1. The zero-order chi connectivity index (χ0) is 20.8. The number of rotatable bonds is 8. The SMILES string of the molecule is COc1ccc(N(c2nc(C)c(C(=O)OCCC(C)=C(F)F)s2)C(C)C)cc1. The molecule has 0 amide bonds. The Balaban J connectivity index is 2.19. The highest BCUT2D eigenvalue weighted by atomic mass is 32.1. The fraction of sp³-hybridized carbons (Fsp3) is 0.400. The van der Waals surface area contributed by atoms with E-state index in [2.05, 4.69) is 4.98 Å². The molecule has 0 saturated carbocycles. The molecule has 0 aliphatic rings. The Morgan fingerprint density at radius 3 is 2.43 bits per heavy atom. The Kier molecular flexibility index (Phi) is 7.51. The minimum Gasteiger partial charge on any atom is -0.497 e. The van der Waals surface area contributed by atoms with Gasteiger partial charge in [-0.25, -0.2) is 9.78 Å². The van der Waals surface area contributed by atoms with Gasteiger partial charge in [0, 0.05) is 18.2 Å². The Hall–Kier alpha value is -2.48. The fourth-order valence-electron chi connectivity index (χ4n) is 2.50. The van der Waals surface area contributed by atoms with Gasteiger partial charge < -0.3 is 14.4 Å². The smallest absolute Gasteiger partial charge is 0.350 e. The lowest BCUT2D eigenvalue weighted by Gasteiger charge is -2.26. The number of aromatic nitrogens is 1. The summed E-state index contributed by atoms with van der Waals surface area (Å²) in [6, 6.07) is 7.67. The highest BCUT2D eigenvalue weighted by Crippen LogP contribution is 2.34. The van der Waals surface area contributed by atoms with Crippen molar-refractivity contribution in [2.45, 2.75) is 40.2 Å². The minimum absolute atomic E-state index is 0.00273. The molecule has 2 rings (SSSR count). The van der Waals surface area contributed by atoms with E-state index in [1.807, 2.05) is 43.0 Å². The average Bonchev–Trinajstić information content (AvgIpc) is 3.03. The van der Waals surface area contributed by atoms with Crippen molar-refractivity contribution in [3.63, 3.8) is 0 Å². The Morgan fingerprint density at radius 1 is 1.25 bits per heavy atom. The number of esters is 1. The second-order valence-corrected chi connectivity index (χ2v) is 7.48. The Bertz CT molecular complexity index is 844. The van der Waals surface area contributed by atoms with Gasteiger partial charge in [0.2, 0.25) is 0 Å². The predicted molar refractivity (Wildman–Crippen MR) is 107 cm³/mol. The molecular formula is C20H24F2N2O3S. The molecule has 0 atom stereocenters. The summed E-state index contributed by atoms with van der Waals surface area (Å²) in [5.74, 6) is 0.202. The second-order valence-electron chi connectivity index (χ2n) is 6.50. The van der Waals surface area contributed by atoms with E-state index in [-0.39, 0.29) is 24.6 Å². The fourth-order valence-corrected chi connectivity index (χ4v) is 3.62. The number of carbonyl (C=O) groups is 1. The van der Waals surface area contributed by atoms with Gasteiger partial charge in [0.25, 0.3) is 6.08 Å². The summed E-state index contributed by atoms with van der Waals surface area (Å²) < 4.78 is 35.2. The van der Waals surface area contributed by atoms with Crippen molar-refractivity contribution in [3.05, 3.63) is 46.5 Å². The monoisotopic (exact) mass is 410 g/mol. The third-order valence-corrected chi connectivity index (χ3v) is 5.21. The first-order valence-electron chi connectivity index (χ1n) is 8.83. The molecule has 0 radical (unpaired) electrons. The van der Waals surface area contributed by atoms with Crippen LogP contribution in [0, 0.1) is 6.92 Å². The number of thiazole rings is 1. The molecule has 0 N–H and O–H groups in total. The molecule has 0 spiro atoms. The average molecular weight is 410 g/mol. The van der Waals surface area contributed by atoms with Crippen LogP contribution in [0.1, 0.15) is 42.6 Å². The summed E-state index contributed by atoms with van der Waals surface area (Å²) >= 11 is 1.22. The van der Waals surface area contributed by atoms with E-state index >= 15 is 0 Å². The third-order valence-electron chi connectivity index (χ3n) is 4.08. The van der Waals surface area contributed by atoms with E-state index < -0.39 is 12.0 Å². The van der Waals surface area contributed by atoms with Crippen LogP contribution in [0.3, 0.4) is 0 Å². The zero-order valence-electron chi connectivity index (χ0n) is 16.6.